The van der Waals surface area contributed by atoms with E-state index in [1.54, 1.807) is 12.5 Å². The number of H-pyrrole nitrogens is 1. The summed E-state index contributed by atoms with van der Waals surface area (Å²) in [6.45, 7) is 2.70. The van der Waals surface area contributed by atoms with E-state index in [2.05, 4.69) is 20.3 Å². The van der Waals surface area contributed by atoms with Gasteiger partial charge in [0.2, 0.25) is 0 Å². The maximum Gasteiger partial charge on any atom is 0.181 e. The molecule has 2 heterocycles. The molecule has 0 aliphatic carbocycles. The Labute approximate surface area is 110 Å². The lowest BCUT2D eigenvalue weighted by Gasteiger charge is -2.06. The molecule has 2 N–H and O–H groups in total. The highest BCUT2D eigenvalue weighted by Gasteiger charge is 2.04. The Balaban J connectivity index is 1.75. The van der Waals surface area contributed by atoms with E-state index in [1.807, 2.05) is 31.2 Å². The summed E-state index contributed by atoms with van der Waals surface area (Å²) in [6.07, 6.45) is 4.84. The van der Waals surface area contributed by atoms with E-state index < -0.39 is 0 Å². The first-order chi connectivity index (χ1) is 9.33. The molecule has 0 spiro atoms. The van der Waals surface area contributed by atoms with E-state index in [1.165, 1.54) is 6.39 Å². The van der Waals surface area contributed by atoms with Gasteiger partial charge in [-0.1, -0.05) is 12.1 Å². The number of rotatable bonds is 4. The number of nitrogens with one attached hydrogen (secondary N) is 2. The zero-order chi connectivity index (χ0) is 13.1. The van der Waals surface area contributed by atoms with Gasteiger partial charge >= 0.3 is 0 Å². The van der Waals surface area contributed by atoms with Gasteiger partial charge in [-0.05, 0) is 19.1 Å². The summed E-state index contributed by atoms with van der Waals surface area (Å²) in [4.78, 5) is 11.2. The third-order valence-corrected chi connectivity index (χ3v) is 2.97. The highest BCUT2D eigenvalue weighted by atomic mass is 16.3. The van der Waals surface area contributed by atoms with Gasteiger partial charge < -0.3 is 14.7 Å². The summed E-state index contributed by atoms with van der Waals surface area (Å²) in [6, 6.07) is 8.02. The number of imidazole rings is 1. The average molecular weight is 254 g/mol. The molecule has 0 amide bonds. The zero-order valence-corrected chi connectivity index (χ0v) is 10.6. The maximum absolute atomic E-state index is 5.29. The number of aryl methyl sites for hydroxylation is 1. The fourth-order valence-corrected chi connectivity index (χ4v) is 1.89. The number of nitrogens with zero attached hydrogens (tertiary/aromatic N) is 2. The number of aromatic amines is 1. The maximum atomic E-state index is 5.29. The van der Waals surface area contributed by atoms with Gasteiger partial charge in [-0.2, -0.15) is 0 Å². The first-order valence-electron chi connectivity index (χ1n) is 6.04. The van der Waals surface area contributed by atoms with Crippen molar-refractivity contribution < 1.29 is 4.42 Å². The predicted molar refractivity (Wildman–Crippen MR) is 72.6 cm³/mol. The second kappa shape index (κ2) is 4.97. The molecule has 0 saturated carbocycles. The van der Waals surface area contributed by atoms with Crippen LogP contribution in [0.5, 0.6) is 0 Å². The summed E-state index contributed by atoms with van der Waals surface area (Å²) in [7, 11) is 0. The van der Waals surface area contributed by atoms with Crippen LogP contribution in [0.2, 0.25) is 0 Å². The normalized spacial score (nSPS) is 10.6. The predicted octanol–water partition coefficient (Wildman–Crippen LogP) is 2.99. The van der Waals surface area contributed by atoms with E-state index in [4.69, 9.17) is 4.42 Å². The third-order valence-electron chi connectivity index (χ3n) is 2.97. The number of hydrogen-bond donors (Lipinski definition) is 2. The quantitative estimate of drug-likeness (QED) is 0.751. The van der Waals surface area contributed by atoms with Crippen molar-refractivity contribution in [2.24, 2.45) is 0 Å². The van der Waals surface area contributed by atoms with E-state index in [9.17, 15) is 0 Å². The summed E-state index contributed by atoms with van der Waals surface area (Å²) in [5.41, 5.74) is 4.13. The number of aromatic nitrogens is 3. The largest absolute Gasteiger partial charge is 0.444 e. The van der Waals surface area contributed by atoms with E-state index in [-0.39, 0.29) is 0 Å². The van der Waals surface area contributed by atoms with Crippen molar-refractivity contribution in [2.45, 2.75) is 13.5 Å². The number of anilines is 1. The van der Waals surface area contributed by atoms with Gasteiger partial charge in [0.15, 0.2) is 12.2 Å². The Hall–Kier alpha value is -2.56. The van der Waals surface area contributed by atoms with Crippen molar-refractivity contribution in [3.05, 3.63) is 54.6 Å². The van der Waals surface area contributed by atoms with Crippen molar-refractivity contribution >= 4 is 5.69 Å². The van der Waals surface area contributed by atoms with Crippen molar-refractivity contribution in [3.63, 3.8) is 0 Å². The Kier molecular flexibility index (Phi) is 3.02. The number of benzene rings is 1. The molecule has 19 heavy (non-hydrogen) atoms. The van der Waals surface area contributed by atoms with Gasteiger partial charge in [-0.3, -0.25) is 0 Å². The molecule has 0 saturated heterocycles. The van der Waals surface area contributed by atoms with Crippen LogP contribution in [0.25, 0.3) is 11.3 Å². The van der Waals surface area contributed by atoms with Crippen molar-refractivity contribution in [1.29, 1.82) is 0 Å². The number of oxazole rings is 1. The molecule has 0 atom stereocenters. The zero-order valence-electron chi connectivity index (χ0n) is 10.6. The molecule has 0 aliphatic heterocycles. The Morgan fingerprint density at radius 2 is 2.32 bits per heavy atom. The highest BCUT2D eigenvalue weighted by molar-refractivity contribution is 5.63. The monoisotopic (exact) mass is 254 g/mol. The molecule has 0 radical (unpaired) electrons. The van der Waals surface area contributed by atoms with E-state index in [0.717, 1.165) is 28.4 Å². The third kappa shape index (κ3) is 2.49. The fraction of sp³-hybridized carbons (Fsp3) is 0.143. The molecule has 0 fully saturated rings. The molecular weight excluding hydrogens is 240 g/mol. The van der Waals surface area contributed by atoms with Crippen LogP contribution in [-0.4, -0.2) is 15.0 Å². The first-order valence-corrected chi connectivity index (χ1v) is 6.04. The topological polar surface area (TPSA) is 66.7 Å². The van der Waals surface area contributed by atoms with Crippen LogP contribution in [-0.2, 0) is 6.54 Å². The molecule has 96 valence electrons. The minimum atomic E-state index is 0.690. The van der Waals surface area contributed by atoms with Gasteiger partial charge in [0.25, 0.3) is 0 Å². The molecule has 3 aromatic rings. The average Bonchev–Trinajstić information content (AvgIpc) is 3.08. The Morgan fingerprint density at radius 3 is 3.05 bits per heavy atom. The molecule has 2 aromatic heterocycles. The fourth-order valence-electron chi connectivity index (χ4n) is 1.89. The lowest BCUT2D eigenvalue weighted by molar-refractivity contribution is 0.572. The van der Waals surface area contributed by atoms with Crippen LogP contribution in [0.1, 0.15) is 11.4 Å². The second-order valence-corrected chi connectivity index (χ2v) is 4.27. The molecule has 0 unspecified atom stereocenters. The Bertz CT molecular complexity index is 658. The van der Waals surface area contributed by atoms with Gasteiger partial charge in [-0.25, -0.2) is 9.97 Å². The smallest absolute Gasteiger partial charge is 0.181 e. The van der Waals surface area contributed by atoms with E-state index in [0.29, 0.717) is 6.54 Å². The van der Waals surface area contributed by atoms with E-state index >= 15 is 0 Å². The first kappa shape index (κ1) is 11.5. The van der Waals surface area contributed by atoms with Gasteiger partial charge in [-0.15, -0.1) is 0 Å². The second-order valence-electron chi connectivity index (χ2n) is 4.27. The minimum Gasteiger partial charge on any atom is -0.444 e. The van der Waals surface area contributed by atoms with Crippen LogP contribution in [0.15, 0.2) is 47.6 Å². The standard InChI is InChI=1S/C14H14N4O/c1-10-13(18-8-17-10)6-16-12-4-2-3-11(5-12)14-7-15-9-19-14/h2-5,7-9,16H,6H2,1H3,(H,17,18). The summed E-state index contributed by atoms with van der Waals surface area (Å²) >= 11 is 0. The van der Waals surface area contributed by atoms with Crippen molar-refractivity contribution in [1.82, 2.24) is 15.0 Å². The van der Waals surface area contributed by atoms with Gasteiger partial charge in [0, 0.05) is 16.9 Å². The van der Waals surface area contributed by atoms with Crippen molar-refractivity contribution in [3.8, 4) is 11.3 Å². The van der Waals surface area contributed by atoms with Crippen LogP contribution >= 0.6 is 0 Å². The van der Waals surface area contributed by atoms with Gasteiger partial charge in [0.1, 0.15) is 0 Å². The molecule has 5 heteroatoms. The van der Waals surface area contributed by atoms with Crippen LogP contribution in [0.3, 0.4) is 0 Å². The Morgan fingerprint density at radius 1 is 1.37 bits per heavy atom. The highest BCUT2D eigenvalue weighted by Crippen LogP contribution is 2.22. The van der Waals surface area contributed by atoms with Crippen LogP contribution in [0, 0.1) is 6.92 Å². The molecule has 1 aromatic carbocycles. The molecule has 5 nitrogen and oxygen atoms in total. The van der Waals surface area contributed by atoms with Crippen LogP contribution in [0.4, 0.5) is 5.69 Å². The lowest BCUT2D eigenvalue weighted by Crippen LogP contribution is -2.01. The molecule has 0 aliphatic rings. The number of hydrogen-bond acceptors (Lipinski definition) is 4. The summed E-state index contributed by atoms with van der Waals surface area (Å²) in [5, 5.41) is 3.35. The summed E-state index contributed by atoms with van der Waals surface area (Å²) < 4.78 is 5.29. The lowest BCUT2D eigenvalue weighted by atomic mass is 10.1. The van der Waals surface area contributed by atoms with Gasteiger partial charge in [0.05, 0.1) is 24.8 Å². The molecule has 0 bridgehead atoms. The molecular formula is C14H14N4O. The van der Waals surface area contributed by atoms with Crippen molar-refractivity contribution in [2.75, 3.05) is 5.32 Å². The minimum absolute atomic E-state index is 0.690. The van der Waals surface area contributed by atoms with Crippen LogP contribution < -0.4 is 5.32 Å². The summed E-state index contributed by atoms with van der Waals surface area (Å²) in [5.74, 6) is 0.764. The molecule has 3 rings (SSSR count). The SMILES string of the molecule is Cc1[nH]cnc1CNc1cccc(-c2cnco2)c1.